The van der Waals surface area contributed by atoms with E-state index in [2.05, 4.69) is 15.5 Å². The van der Waals surface area contributed by atoms with Gasteiger partial charge in [0.25, 0.3) is 11.5 Å². The normalized spacial score (nSPS) is 14.2. The number of nitrogens with zero attached hydrogens (tertiary/aromatic N) is 2. The van der Waals surface area contributed by atoms with Crippen LogP contribution >= 0.6 is 0 Å². The van der Waals surface area contributed by atoms with E-state index in [1.54, 1.807) is 17.0 Å². The number of carboxylic acid groups (broad SMARTS) is 1. The summed E-state index contributed by atoms with van der Waals surface area (Å²) in [7, 11) is 0. The molecule has 0 saturated carbocycles. The van der Waals surface area contributed by atoms with Crippen molar-refractivity contribution < 1.29 is 37.6 Å². The summed E-state index contributed by atoms with van der Waals surface area (Å²) in [5.74, 6) is -3.77. The topological polar surface area (TPSA) is 123 Å². The molecule has 0 spiro atoms. The average molecular weight is 472 g/mol. The lowest BCUT2D eigenvalue weighted by molar-refractivity contribution is -0.651. The maximum atomic E-state index is 14.3. The van der Waals surface area contributed by atoms with Gasteiger partial charge in [-0.05, 0) is 29.7 Å². The Kier molecular flexibility index (Phi) is 9.09. The highest BCUT2D eigenvalue weighted by Gasteiger charge is 2.28. The molecule has 3 rings (SSSR count). The Morgan fingerprint density at radius 1 is 1.21 bits per heavy atom. The van der Waals surface area contributed by atoms with Gasteiger partial charge in [0.05, 0.1) is 30.9 Å². The molecule has 1 aliphatic heterocycles. The van der Waals surface area contributed by atoms with Crippen LogP contribution < -0.4 is 16.0 Å². The molecule has 33 heavy (non-hydrogen) atoms. The number of halogens is 4. The van der Waals surface area contributed by atoms with Gasteiger partial charge in [-0.15, -0.1) is 0 Å². The predicted octanol–water partition coefficient (Wildman–Crippen LogP) is -0.230. The molecule has 1 aliphatic rings. The van der Waals surface area contributed by atoms with Crippen LogP contribution in [0.5, 0.6) is 0 Å². The minimum absolute atomic E-state index is 0.104. The summed E-state index contributed by atoms with van der Waals surface area (Å²) in [5.41, 5.74) is 2.26. The highest BCUT2D eigenvalue weighted by Crippen LogP contribution is 2.17. The number of aliphatic carboxylic acids is 1. The number of amides is 1. The number of nitrogens with two attached hydrogens (primary N) is 1. The Morgan fingerprint density at radius 2 is 1.91 bits per heavy atom. The van der Waals surface area contributed by atoms with Crippen LogP contribution in [0, 0.1) is 5.82 Å². The van der Waals surface area contributed by atoms with E-state index in [0.29, 0.717) is 25.9 Å². The third-order valence-corrected chi connectivity index (χ3v) is 4.95. The van der Waals surface area contributed by atoms with Crippen molar-refractivity contribution in [3.05, 3.63) is 62.8 Å². The van der Waals surface area contributed by atoms with Crippen molar-refractivity contribution in [2.75, 3.05) is 26.2 Å². The predicted molar refractivity (Wildman–Crippen MR) is 107 cm³/mol. The average Bonchev–Trinajstić information content (AvgIpc) is 3.05. The number of hydrogen-bond donors (Lipinski definition) is 2. The van der Waals surface area contributed by atoms with Crippen LogP contribution in [0.3, 0.4) is 0 Å². The van der Waals surface area contributed by atoms with Crippen molar-refractivity contribution in [3.8, 4) is 0 Å². The first-order valence-corrected chi connectivity index (χ1v) is 10.3. The SMILES string of the molecule is CCc1cc(=O)[nH]nc1Cc1ccc(F)c(C(=O)N2CCC[NH2+]CC2)c1.O=C([O-])C(F)(F)F. The maximum Gasteiger partial charge on any atom is 0.430 e. The number of nitrogens with one attached hydrogen (secondary N) is 1. The zero-order valence-corrected chi connectivity index (χ0v) is 17.9. The number of hydrogen-bond acceptors (Lipinski definition) is 5. The largest absolute Gasteiger partial charge is 0.542 e. The molecule has 1 aromatic heterocycles. The van der Waals surface area contributed by atoms with E-state index in [9.17, 15) is 27.2 Å². The number of alkyl halides is 3. The molecule has 1 fully saturated rings. The maximum absolute atomic E-state index is 14.3. The van der Waals surface area contributed by atoms with Crippen molar-refractivity contribution in [1.82, 2.24) is 15.1 Å². The van der Waals surface area contributed by atoms with Gasteiger partial charge in [-0.25, -0.2) is 9.49 Å². The highest BCUT2D eigenvalue weighted by atomic mass is 19.4. The van der Waals surface area contributed by atoms with Gasteiger partial charge < -0.3 is 20.1 Å². The second-order valence-electron chi connectivity index (χ2n) is 7.35. The summed E-state index contributed by atoms with van der Waals surface area (Å²) in [5, 5.41) is 17.5. The van der Waals surface area contributed by atoms with E-state index < -0.39 is 18.0 Å². The van der Waals surface area contributed by atoms with E-state index in [1.165, 1.54) is 12.1 Å². The molecule has 0 aliphatic carbocycles. The second kappa shape index (κ2) is 11.5. The molecule has 1 amide bonds. The van der Waals surface area contributed by atoms with Gasteiger partial charge in [0.1, 0.15) is 11.8 Å². The number of aryl methyl sites for hydroxylation is 1. The summed E-state index contributed by atoms with van der Waals surface area (Å²) in [4.78, 5) is 34.7. The van der Waals surface area contributed by atoms with E-state index in [4.69, 9.17) is 9.90 Å². The minimum Gasteiger partial charge on any atom is -0.542 e. The standard InChI is InChI=1S/C19H23FN4O2.C2HF3O2/c1-2-14-12-18(25)23-22-17(14)11-13-4-5-16(20)15(10-13)19(26)24-8-3-6-21-7-9-24;3-2(4,5)1(6)7/h4-5,10,12,21H,2-3,6-9,11H2,1H3,(H,23,25);(H,6,7). The zero-order valence-electron chi connectivity index (χ0n) is 17.9. The summed E-state index contributed by atoms with van der Waals surface area (Å²) in [6.07, 6.45) is -3.16. The molecule has 12 heteroatoms. The van der Waals surface area contributed by atoms with Crippen LogP contribution in [0.1, 0.15) is 40.5 Å². The summed E-state index contributed by atoms with van der Waals surface area (Å²) >= 11 is 0. The smallest absolute Gasteiger partial charge is 0.430 e. The van der Waals surface area contributed by atoms with Gasteiger partial charge in [-0.2, -0.15) is 18.3 Å². The first kappa shape index (κ1) is 26.0. The number of aromatic nitrogens is 2. The Bertz CT molecular complexity index is 1030. The molecule has 180 valence electrons. The molecule has 0 bridgehead atoms. The first-order chi connectivity index (χ1) is 15.5. The fourth-order valence-corrected chi connectivity index (χ4v) is 3.27. The lowest BCUT2D eigenvalue weighted by Crippen LogP contribution is -2.84. The quantitative estimate of drug-likeness (QED) is 0.596. The van der Waals surface area contributed by atoms with Gasteiger partial charge in [0.2, 0.25) is 0 Å². The van der Waals surface area contributed by atoms with E-state index in [0.717, 1.165) is 36.3 Å². The molecule has 0 atom stereocenters. The molecule has 0 unspecified atom stereocenters. The fourth-order valence-electron chi connectivity index (χ4n) is 3.27. The summed E-state index contributed by atoms with van der Waals surface area (Å²) in [6.45, 7) is 5.07. The second-order valence-corrected chi connectivity index (χ2v) is 7.35. The van der Waals surface area contributed by atoms with Gasteiger partial charge in [0, 0.05) is 25.5 Å². The lowest BCUT2D eigenvalue weighted by atomic mass is 10.0. The summed E-state index contributed by atoms with van der Waals surface area (Å²) < 4.78 is 45.8. The molecular formula is C21H24F4N4O4. The van der Waals surface area contributed by atoms with E-state index >= 15 is 0 Å². The molecule has 0 radical (unpaired) electrons. The first-order valence-electron chi connectivity index (χ1n) is 10.3. The Balaban J connectivity index is 0.000000479. The molecule has 1 saturated heterocycles. The Hall–Kier alpha value is -3.28. The molecule has 3 N–H and O–H groups in total. The van der Waals surface area contributed by atoms with Gasteiger partial charge in [-0.1, -0.05) is 13.0 Å². The summed E-state index contributed by atoms with van der Waals surface area (Å²) in [6, 6.07) is 6.14. The molecule has 2 heterocycles. The van der Waals surface area contributed by atoms with Crippen molar-refractivity contribution >= 4 is 11.9 Å². The monoisotopic (exact) mass is 472 g/mol. The molecule has 1 aromatic carbocycles. The van der Waals surface area contributed by atoms with Gasteiger partial charge >= 0.3 is 6.18 Å². The van der Waals surface area contributed by atoms with Crippen LogP contribution in [0.15, 0.2) is 29.1 Å². The number of quaternary nitrogens is 1. The van der Waals surface area contributed by atoms with Crippen LogP contribution in [0.2, 0.25) is 0 Å². The number of carbonyl (C=O) groups is 2. The number of aromatic amines is 1. The third kappa shape index (κ3) is 7.67. The van der Waals surface area contributed by atoms with E-state index in [-0.39, 0.29) is 17.0 Å². The van der Waals surface area contributed by atoms with Crippen LogP contribution in [0.25, 0.3) is 0 Å². The van der Waals surface area contributed by atoms with E-state index in [1.807, 2.05) is 6.92 Å². The number of carbonyl (C=O) groups excluding carboxylic acids is 2. The number of carboxylic acids is 1. The van der Waals surface area contributed by atoms with Crippen molar-refractivity contribution in [1.29, 1.82) is 0 Å². The fraction of sp³-hybridized carbons (Fsp3) is 0.429. The number of H-pyrrole nitrogens is 1. The van der Waals surface area contributed by atoms with Gasteiger partial charge in [-0.3, -0.25) is 9.59 Å². The van der Waals surface area contributed by atoms with Crippen molar-refractivity contribution in [2.24, 2.45) is 0 Å². The lowest BCUT2D eigenvalue weighted by Gasteiger charge is -2.19. The molecule has 8 nitrogen and oxygen atoms in total. The van der Waals surface area contributed by atoms with Crippen molar-refractivity contribution in [2.45, 2.75) is 32.4 Å². The van der Waals surface area contributed by atoms with Gasteiger partial charge in [0.15, 0.2) is 0 Å². The van der Waals surface area contributed by atoms with Crippen molar-refractivity contribution in [3.63, 3.8) is 0 Å². The highest BCUT2D eigenvalue weighted by molar-refractivity contribution is 5.94. The molecule has 2 aromatic rings. The number of benzene rings is 1. The number of rotatable bonds is 4. The van der Waals surface area contributed by atoms with Crippen LogP contribution in [0.4, 0.5) is 17.6 Å². The van der Waals surface area contributed by atoms with Crippen LogP contribution in [-0.2, 0) is 17.6 Å². The minimum atomic E-state index is -5.19. The zero-order chi connectivity index (χ0) is 24.6. The Morgan fingerprint density at radius 3 is 2.55 bits per heavy atom. The molecular weight excluding hydrogens is 448 g/mol. The van der Waals surface area contributed by atoms with Crippen LogP contribution in [-0.4, -0.2) is 59.3 Å². The third-order valence-electron chi connectivity index (χ3n) is 4.95. The Labute approximate surface area is 186 Å².